The lowest BCUT2D eigenvalue weighted by Gasteiger charge is -2.20. The van der Waals surface area contributed by atoms with Crippen molar-refractivity contribution in [2.75, 3.05) is 6.61 Å². The van der Waals surface area contributed by atoms with Gasteiger partial charge in [0.2, 0.25) is 0 Å². The number of hydrogen-bond donors (Lipinski definition) is 0. The maximum absolute atomic E-state index is 12.8. The SMILES string of the molecule is Cn1cccc1C(=O)OCC(=O)N1N=C(c2cccs2)C[C@H]1c1cccs1. The van der Waals surface area contributed by atoms with Crippen LogP contribution in [0.25, 0.3) is 0 Å². The highest BCUT2D eigenvalue weighted by Gasteiger charge is 2.34. The second kappa shape index (κ2) is 7.50. The highest BCUT2D eigenvalue weighted by Crippen LogP contribution is 2.35. The molecule has 0 aromatic carbocycles. The lowest BCUT2D eigenvalue weighted by atomic mass is 10.1. The Morgan fingerprint density at radius 2 is 2.00 bits per heavy atom. The van der Waals surface area contributed by atoms with E-state index in [-0.39, 0.29) is 18.6 Å². The Hall–Kier alpha value is -2.71. The average Bonchev–Trinajstić information content (AvgIpc) is 3.45. The van der Waals surface area contributed by atoms with E-state index in [4.69, 9.17) is 4.74 Å². The zero-order valence-corrected chi connectivity index (χ0v) is 16.2. The normalized spacial score (nSPS) is 16.4. The fourth-order valence-corrected chi connectivity index (χ4v) is 4.51. The van der Waals surface area contributed by atoms with Gasteiger partial charge in [0.1, 0.15) is 5.69 Å². The summed E-state index contributed by atoms with van der Waals surface area (Å²) in [5.41, 5.74) is 1.28. The summed E-state index contributed by atoms with van der Waals surface area (Å²) in [5, 5.41) is 9.98. The molecule has 0 N–H and O–H groups in total. The highest BCUT2D eigenvalue weighted by molar-refractivity contribution is 7.12. The third-order valence-corrected chi connectivity index (χ3v) is 6.22. The van der Waals surface area contributed by atoms with Crippen LogP contribution in [0, 0.1) is 0 Å². The van der Waals surface area contributed by atoms with Gasteiger partial charge in [0.25, 0.3) is 5.91 Å². The quantitative estimate of drug-likeness (QED) is 0.615. The van der Waals surface area contributed by atoms with E-state index >= 15 is 0 Å². The summed E-state index contributed by atoms with van der Waals surface area (Å²) in [7, 11) is 1.75. The Kier molecular flexibility index (Phi) is 4.91. The number of esters is 1. The van der Waals surface area contributed by atoms with Gasteiger partial charge in [0, 0.05) is 24.5 Å². The number of rotatable bonds is 5. The molecule has 27 heavy (non-hydrogen) atoms. The Labute approximate surface area is 164 Å². The van der Waals surface area contributed by atoms with E-state index in [9.17, 15) is 9.59 Å². The van der Waals surface area contributed by atoms with Gasteiger partial charge in [-0.15, -0.1) is 22.7 Å². The van der Waals surface area contributed by atoms with Crippen LogP contribution in [0.5, 0.6) is 0 Å². The van der Waals surface area contributed by atoms with Gasteiger partial charge in [-0.2, -0.15) is 5.10 Å². The molecule has 0 radical (unpaired) electrons. The fraction of sp³-hybridized carbons (Fsp3) is 0.211. The molecule has 0 bridgehead atoms. The van der Waals surface area contributed by atoms with Crippen molar-refractivity contribution in [1.82, 2.24) is 9.58 Å². The van der Waals surface area contributed by atoms with E-state index < -0.39 is 5.97 Å². The Balaban J connectivity index is 1.50. The molecule has 6 nitrogen and oxygen atoms in total. The predicted molar refractivity (Wildman–Crippen MR) is 105 cm³/mol. The number of nitrogens with zero attached hydrogens (tertiary/aromatic N) is 3. The monoisotopic (exact) mass is 399 g/mol. The Bertz CT molecular complexity index is 974. The van der Waals surface area contributed by atoms with Crippen LogP contribution in [0.2, 0.25) is 0 Å². The number of carbonyl (C=O) groups excluding carboxylic acids is 2. The number of hydrazone groups is 1. The summed E-state index contributed by atoms with van der Waals surface area (Å²) in [6.45, 7) is -0.340. The first-order valence-corrected chi connectivity index (χ1v) is 10.1. The Morgan fingerprint density at radius 3 is 2.67 bits per heavy atom. The molecule has 0 saturated heterocycles. The summed E-state index contributed by atoms with van der Waals surface area (Å²) in [6, 6.07) is 11.2. The molecule has 1 aliphatic rings. The molecular weight excluding hydrogens is 382 g/mol. The van der Waals surface area contributed by atoms with Gasteiger partial charge in [-0.3, -0.25) is 4.79 Å². The molecular formula is C19H17N3O3S2. The van der Waals surface area contributed by atoms with Gasteiger partial charge in [-0.1, -0.05) is 12.1 Å². The minimum absolute atomic E-state index is 0.164. The second-order valence-corrected chi connectivity index (χ2v) is 8.01. The maximum atomic E-state index is 12.8. The molecule has 4 heterocycles. The van der Waals surface area contributed by atoms with Crippen molar-refractivity contribution in [3.63, 3.8) is 0 Å². The number of amides is 1. The Morgan fingerprint density at radius 1 is 1.19 bits per heavy atom. The molecule has 4 rings (SSSR count). The minimum Gasteiger partial charge on any atom is -0.451 e. The van der Waals surface area contributed by atoms with Crippen molar-refractivity contribution in [3.8, 4) is 0 Å². The molecule has 3 aromatic heterocycles. The largest absolute Gasteiger partial charge is 0.451 e. The van der Waals surface area contributed by atoms with Crippen molar-refractivity contribution in [1.29, 1.82) is 0 Å². The summed E-state index contributed by atoms with van der Waals surface area (Å²) in [5.74, 6) is -0.854. The molecule has 1 amide bonds. The zero-order valence-electron chi connectivity index (χ0n) is 14.6. The standard InChI is InChI=1S/C19H17N3O3S2/c1-21-8-2-5-14(21)19(24)25-12-18(23)22-15(17-7-4-10-27-17)11-13(20-22)16-6-3-9-26-16/h2-10,15H,11-12H2,1H3/t15-/m0/s1. The lowest BCUT2D eigenvalue weighted by Crippen LogP contribution is -2.31. The van der Waals surface area contributed by atoms with Crippen LogP contribution in [0.15, 0.2) is 58.5 Å². The van der Waals surface area contributed by atoms with Gasteiger partial charge in [-0.25, -0.2) is 9.80 Å². The van der Waals surface area contributed by atoms with Crippen LogP contribution in [-0.2, 0) is 16.6 Å². The lowest BCUT2D eigenvalue weighted by molar-refractivity contribution is -0.136. The summed E-state index contributed by atoms with van der Waals surface area (Å²) >= 11 is 3.19. The third-order valence-electron chi connectivity index (χ3n) is 4.32. The van der Waals surface area contributed by atoms with Crippen molar-refractivity contribution in [2.24, 2.45) is 12.1 Å². The molecule has 8 heteroatoms. The van der Waals surface area contributed by atoms with Crippen molar-refractivity contribution in [2.45, 2.75) is 12.5 Å². The predicted octanol–water partition coefficient (Wildman–Crippen LogP) is 3.68. The average molecular weight is 399 g/mol. The molecule has 0 saturated carbocycles. The number of thiophene rings is 2. The van der Waals surface area contributed by atoms with E-state index in [1.807, 2.05) is 35.0 Å². The first kappa shape index (κ1) is 17.7. The van der Waals surface area contributed by atoms with Gasteiger partial charge in [0.15, 0.2) is 6.61 Å². The van der Waals surface area contributed by atoms with Gasteiger partial charge >= 0.3 is 5.97 Å². The molecule has 1 atom stereocenters. The first-order chi connectivity index (χ1) is 13.1. The molecule has 0 unspecified atom stereocenters. The number of aromatic nitrogens is 1. The molecule has 0 spiro atoms. The van der Waals surface area contributed by atoms with Crippen LogP contribution in [0.3, 0.4) is 0 Å². The molecule has 0 aliphatic carbocycles. The van der Waals surface area contributed by atoms with E-state index in [1.165, 1.54) is 5.01 Å². The van der Waals surface area contributed by atoms with Crippen molar-refractivity contribution in [3.05, 3.63) is 68.8 Å². The zero-order chi connectivity index (χ0) is 18.8. The number of ether oxygens (including phenoxy) is 1. The second-order valence-electron chi connectivity index (χ2n) is 6.08. The smallest absolute Gasteiger partial charge is 0.355 e. The van der Waals surface area contributed by atoms with E-state index in [1.54, 1.807) is 52.6 Å². The highest BCUT2D eigenvalue weighted by atomic mass is 32.1. The summed E-state index contributed by atoms with van der Waals surface area (Å²) in [6.07, 6.45) is 2.40. The van der Waals surface area contributed by atoms with Crippen LogP contribution < -0.4 is 0 Å². The van der Waals surface area contributed by atoms with Gasteiger partial charge in [0.05, 0.1) is 16.6 Å². The summed E-state index contributed by atoms with van der Waals surface area (Å²) < 4.78 is 6.88. The van der Waals surface area contributed by atoms with Crippen molar-refractivity contribution < 1.29 is 14.3 Å². The number of carbonyl (C=O) groups is 2. The van der Waals surface area contributed by atoms with E-state index in [0.29, 0.717) is 12.1 Å². The van der Waals surface area contributed by atoms with Crippen LogP contribution in [0.1, 0.15) is 32.7 Å². The molecule has 3 aromatic rings. The fourth-order valence-electron chi connectivity index (χ4n) is 2.97. The van der Waals surface area contributed by atoms with Crippen LogP contribution in [-0.4, -0.2) is 33.8 Å². The third kappa shape index (κ3) is 3.58. The van der Waals surface area contributed by atoms with E-state index in [2.05, 4.69) is 5.10 Å². The molecule has 0 fully saturated rings. The van der Waals surface area contributed by atoms with Crippen LogP contribution in [0.4, 0.5) is 0 Å². The maximum Gasteiger partial charge on any atom is 0.355 e. The number of hydrogen-bond acceptors (Lipinski definition) is 6. The van der Waals surface area contributed by atoms with Crippen molar-refractivity contribution >= 4 is 40.3 Å². The van der Waals surface area contributed by atoms with Gasteiger partial charge < -0.3 is 9.30 Å². The first-order valence-electron chi connectivity index (χ1n) is 8.39. The van der Waals surface area contributed by atoms with Crippen LogP contribution >= 0.6 is 22.7 Å². The molecule has 1 aliphatic heterocycles. The number of aryl methyl sites for hydroxylation is 1. The van der Waals surface area contributed by atoms with E-state index in [0.717, 1.165) is 15.5 Å². The molecule has 138 valence electrons. The minimum atomic E-state index is -0.523. The summed E-state index contributed by atoms with van der Waals surface area (Å²) in [4.78, 5) is 27.0. The topological polar surface area (TPSA) is 63.9 Å². The van der Waals surface area contributed by atoms with Gasteiger partial charge in [-0.05, 0) is 35.0 Å².